The topological polar surface area (TPSA) is 90.0 Å². The standard InChI is InChI=1S/C12H14F2N4O2S/c13-12(14)21(19,20)11-3-1-10(2-4-11)16-5-6-18-8-9(15)7-17-18/h1-4,7-8,12,16H,5-6,15H2. The summed E-state index contributed by atoms with van der Waals surface area (Å²) in [5.74, 6) is -3.42. The van der Waals surface area contributed by atoms with Crippen LogP contribution in [0, 0.1) is 0 Å². The molecule has 0 fully saturated rings. The lowest BCUT2D eigenvalue weighted by molar-refractivity contribution is 0.234. The maximum atomic E-state index is 12.4. The van der Waals surface area contributed by atoms with E-state index in [0.717, 1.165) is 12.1 Å². The molecule has 0 radical (unpaired) electrons. The second-order valence-corrected chi connectivity index (χ2v) is 6.21. The molecule has 0 spiro atoms. The molecule has 2 aromatic rings. The van der Waals surface area contributed by atoms with Crippen LogP contribution in [0.1, 0.15) is 0 Å². The predicted molar refractivity (Wildman–Crippen MR) is 74.8 cm³/mol. The Balaban J connectivity index is 1.94. The van der Waals surface area contributed by atoms with Crippen LogP contribution in [0.25, 0.3) is 0 Å². The monoisotopic (exact) mass is 316 g/mol. The lowest BCUT2D eigenvalue weighted by Crippen LogP contribution is -2.12. The van der Waals surface area contributed by atoms with Crippen molar-refractivity contribution in [2.45, 2.75) is 17.2 Å². The summed E-state index contributed by atoms with van der Waals surface area (Å²) in [5.41, 5.74) is 6.72. The fourth-order valence-electron chi connectivity index (χ4n) is 1.68. The molecule has 0 aliphatic rings. The van der Waals surface area contributed by atoms with Crippen molar-refractivity contribution in [2.75, 3.05) is 17.6 Å². The Hall–Kier alpha value is -2.16. The summed E-state index contributed by atoms with van der Waals surface area (Å²) in [5, 5.41) is 7.03. The molecule has 6 nitrogen and oxygen atoms in total. The molecule has 0 aliphatic carbocycles. The van der Waals surface area contributed by atoms with Crippen LogP contribution in [0.15, 0.2) is 41.6 Å². The van der Waals surface area contributed by atoms with Crippen LogP contribution in [-0.2, 0) is 16.4 Å². The molecule has 2 rings (SSSR count). The van der Waals surface area contributed by atoms with Gasteiger partial charge >= 0.3 is 5.76 Å². The van der Waals surface area contributed by atoms with Gasteiger partial charge < -0.3 is 11.1 Å². The van der Waals surface area contributed by atoms with Crippen LogP contribution >= 0.6 is 0 Å². The summed E-state index contributed by atoms with van der Waals surface area (Å²) in [6.45, 7) is 1.09. The number of nitrogens with zero attached hydrogens (tertiary/aromatic N) is 2. The molecule has 21 heavy (non-hydrogen) atoms. The molecule has 114 valence electrons. The van der Waals surface area contributed by atoms with Crippen LogP contribution in [0.5, 0.6) is 0 Å². The second kappa shape index (κ2) is 6.08. The summed E-state index contributed by atoms with van der Waals surface area (Å²) < 4.78 is 48.9. The number of halogens is 2. The number of hydrogen-bond donors (Lipinski definition) is 2. The molecule has 1 heterocycles. The maximum Gasteiger partial charge on any atom is 0.341 e. The van der Waals surface area contributed by atoms with Gasteiger partial charge in [-0.15, -0.1) is 0 Å². The molecule has 1 aromatic carbocycles. The van der Waals surface area contributed by atoms with Crippen molar-refractivity contribution in [1.29, 1.82) is 0 Å². The van der Waals surface area contributed by atoms with E-state index in [4.69, 9.17) is 5.73 Å². The number of anilines is 2. The van der Waals surface area contributed by atoms with Crippen molar-refractivity contribution in [1.82, 2.24) is 9.78 Å². The Labute approximate surface area is 120 Å². The number of sulfone groups is 1. The largest absolute Gasteiger partial charge is 0.396 e. The van der Waals surface area contributed by atoms with E-state index >= 15 is 0 Å². The molecule has 9 heteroatoms. The highest BCUT2D eigenvalue weighted by atomic mass is 32.2. The van der Waals surface area contributed by atoms with Crippen molar-refractivity contribution in [3.63, 3.8) is 0 Å². The molecule has 0 saturated carbocycles. The number of aromatic nitrogens is 2. The first-order valence-electron chi connectivity index (χ1n) is 6.03. The third kappa shape index (κ3) is 3.69. The Morgan fingerprint density at radius 2 is 1.95 bits per heavy atom. The zero-order valence-corrected chi connectivity index (χ0v) is 11.7. The highest BCUT2D eigenvalue weighted by Gasteiger charge is 2.26. The van der Waals surface area contributed by atoms with Gasteiger partial charge in [-0.25, -0.2) is 8.42 Å². The number of hydrogen-bond acceptors (Lipinski definition) is 5. The van der Waals surface area contributed by atoms with Crippen LogP contribution in [0.2, 0.25) is 0 Å². The number of nitrogens with one attached hydrogen (secondary N) is 1. The first-order chi connectivity index (χ1) is 9.89. The SMILES string of the molecule is Nc1cnn(CCNc2ccc(S(=O)(=O)C(F)F)cc2)c1. The molecule has 0 unspecified atom stereocenters. The summed E-state index contributed by atoms with van der Waals surface area (Å²) in [6.07, 6.45) is 3.21. The summed E-state index contributed by atoms with van der Waals surface area (Å²) >= 11 is 0. The minimum Gasteiger partial charge on any atom is -0.396 e. The fraction of sp³-hybridized carbons (Fsp3) is 0.250. The van der Waals surface area contributed by atoms with Crippen molar-refractivity contribution in [3.8, 4) is 0 Å². The van der Waals surface area contributed by atoms with Gasteiger partial charge in [0.1, 0.15) is 0 Å². The summed E-state index contributed by atoms with van der Waals surface area (Å²) in [7, 11) is -4.54. The van der Waals surface area contributed by atoms with Crippen molar-refractivity contribution in [3.05, 3.63) is 36.7 Å². The van der Waals surface area contributed by atoms with Gasteiger partial charge in [-0.2, -0.15) is 13.9 Å². The molecule has 1 aromatic heterocycles. The molecule has 0 bridgehead atoms. The Morgan fingerprint density at radius 1 is 1.29 bits per heavy atom. The predicted octanol–water partition coefficient (Wildman–Crippen LogP) is 1.57. The molecule has 0 amide bonds. The van der Waals surface area contributed by atoms with Gasteiger partial charge in [0.15, 0.2) is 0 Å². The quantitative estimate of drug-likeness (QED) is 0.844. The number of alkyl halides is 2. The van der Waals surface area contributed by atoms with Crippen molar-refractivity contribution in [2.24, 2.45) is 0 Å². The van der Waals surface area contributed by atoms with Crippen LogP contribution in [0.4, 0.5) is 20.2 Å². The van der Waals surface area contributed by atoms with E-state index in [1.807, 2.05) is 0 Å². The average molecular weight is 316 g/mol. The molecular weight excluding hydrogens is 302 g/mol. The van der Waals surface area contributed by atoms with E-state index < -0.39 is 20.5 Å². The highest BCUT2D eigenvalue weighted by Crippen LogP contribution is 2.20. The number of nitrogens with two attached hydrogens (primary N) is 1. The number of rotatable bonds is 6. The van der Waals surface area contributed by atoms with Gasteiger partial charge in [-0.3, -0.25) is 4.68 Å². The fourth-order valence-corrected chi connectivity index (χ4v) is 2.40. The third-order valence-corrected chi connectivity index (χ3v) is 4.14. The molecule has 0 saturated heterocycles. The van der Waals surface area contributed by atoms with E-state index in [-0.39, 0.29) is 0 Å². The van der Waals surface area contributed by atoms with Crippen molar-refractivity contribution >= 4 is 21.2 Å². The van der Waals surface area contributed by atoms with Gasteiger partial charge in [0, 0.05) is 18.4 Å². The summed E-state index contributed by atoms with van der Waals surface area (Å²) in [4.78, 5) is -0.400. The lowest BCUT2D eigenvalue weighted by atomic mass is 10.3. The van der Waals surface area contributed by atoms with Crippen LogP contribution in [-0.4, -0.2) is 30.5 Å². The second-order valence-electron chi connectivity index (χ2n) is 4.29. The van der Waals surface area contributed by atoms with Gasteiger partial charge in [-0.05, 0) is 24.3 Å². The Kier molecular flexibility index (Phi) is 4.41. The van der Waals surface area contributed by atoms with Crippen LogP contribution in [0.3, 0.4) is 0 Å². The van der Waals surface area contributed by atoms with Crippen LogP contribution < -0.4 is 11.1 Å². The van der Waals surface area contributed by atoms with E-state index in [1.165, 1.54) is 18.3 Å². The van der Waals surface area contributed by atoms with Gasteiger partial charge in [0.25, 0.3) is 0 Å². The van der Waals surface area contributed by atoms with E-state index in [1.54, 1.807) is 10.9 Å². The summed E-state index contributed by atoms with van der Waals surface area (Å²) in [6, 6.07) is 5.17. The zero-order chi connectivity index (χ0) is 15.5. The van der Waals surface area contributed by atoms with Gasteiger partial charge in [0.2, 0.25) is 9.84 Å². The zero-order valence-electron chi connectivity index (χ0n) is 10.9. The van der Waals surface area contributed by atoms with E-state index in [2.05, 4.69) is 10.4 Å². The minimum absolute atomic E-state index is 0.400. The normalized spacial score (nSPS) is 11.8. The van der Waals surface area contributed by atoms with Gasteiger partial charge in [0.05, 0.1) is 23.3 Å². The molecule has 0 atom stereocenters. The smallest absolute Gasteiger partial charge is 0.341 e. The molecule has 3 N–H and O–H groups in total. The maximum absolute atomic E-state index is 12.4. The minimum atomic E-state index is -4.54. The van der Waals surface area contributed by atoms with Gasteiger partial charge in [-0.1, -0.05) is 0 Å². The number of benzene rings is 1. The first kappa shape index (κ1) is 15.2. The first-order valence-corrected chi connectivity index (χ1v) is 7.58. The molecule has 0 aliphatic heterocycles. The Bertz CT molecular complexity index is 698. The third-order valence-electron chi connectivity index (χ3n) is 2.74. The number of nitrogen functional groups attached to an aromatic ring is 1. The highest BCUT2D eigenvalue weighted by molar-refractivity contribution is 7.91. The van der Waals surface area contributed by atoms with Crippen molar-refractivity contribution < 1.29 is 17.2 Å². The lowest BCUT2D eigenvalue weighted by Gasteiger charge is -2.08. The van der Waals surface area contributed by atoms with E-state index in [9.17, 15) is 17.2 Å². The Morgan fingerprint density at radius 3 is 2.48 bits per heavy atom. The average Bonchev–Trinajstić information content (AvgIpc) is 2.85. The molecular formula is C12H14F2N4O2S. The van der Waals surface area contributed by atoms with E-state index in [0.29, 0.717) is 24.5 Å².